The molecule has 2 amide bonds. The van der Waals surface area contributed by atoms with Gasteiger partial charge in [0.2, 0.25) is 11.8 Å². The molecule has 6 nitrogen and oxygen atoms in total. The summed E-state index contributed by atoms with van der Waals surface area (Å²) in [5.41, 5.74) is 5.40. The topological polar surface area (TPSA) is 86.0 Å². The largest absolute Gasteiger partial charge is 0.361 e. The standard InChI is InChI=1S/C29H30N4O2/c1-19(20-9-3-2-4-10-20)32-29(35)27(16-23-18-30-25-14-8-7-13-24(23)25)33-28(34)26-15-21-11-5-6-12-22(21)17-31-26/h2-14,18-19,26-27,30-31H,15-17H2,1H3,(H,32,35)(H,33,34)/t19?,26-,27-/m0/s1. The van der Waals surface area contributed by atoms with E-state index in [1.54, 1.807) is 0 Å². The molecule has 2 heterocycles. The average Bonchev–Trinajstić information content (AvgIpc) is 3.31. The minimum absolute atomic E-state index is 0.160. The normalized spacial score (nSPS) is 16.8. The molecule has 1 unspecified atom stereocenters. The first-order valence-electron chi connectivity index (χ1n) is 12.1. The summed E-state index contributed by atoms with van der Waals surface area (Å²) in [5, 5.41) is 10.5. The van der Waals surface area contributed by atoms with Crippen molar-refractivity contribution in [3.05, 3.63) is 107 Å². The number of aromatic nitrogens is 1. The van der Waals surface area contributed by atoms with Gasteiger partial charge in [-0.3, -0.25) is 9.59 Å². The summed E-state index contributed by atoms with van der Waals surface area (Å²) in [5.74, 6) is -0.358. The number of H-pyrrole nitrogens is 1. The van der Waals surface area contributed by atoms with Gasteiger partial charge in [0.15, 0.2) is 0 Å². The summed E-state index contributed by atoms with van der Waals surface area (Å²) >= 11 is 0. The Morgan fingerprint density at radius 3 is 2.46 bits per heavy atom. The molecule has 3 atom stereocenters. The Bertz CT molecular complexity index is 1330. The number of fused-ring (bicyclic) bond motifs is 2. The van der Waals surface area contributed by atoms with E-state index < -0.39 is 6.04 Å². The summed E-state index contributed by atoms with van der Waals surface area (Å²) in [7, 11) is 0. The predicted octanol–water partition coefficient (Wildman–Crippen LogP) is 3.79. The minimum atomic E-state index is -0.702. The monoisotopic (exact) mass is 466 g/mol. The Labute approximate surface area is 205 Å². The smallest absolute Gasteiger partial charge is 0.243 e. The van der Waals surface area contributed by atoms with Crippen LogP contribution in [0.15, 0.2) is 85.1 Å². The fraction of sp³-hybridized carbons (Fsp3) is 0.241. The third-order valence-electron chi connectivity index (χ3n) is 6.79. The Morgan fingerprint density at radius 2 is 1.63 bits per heavy atom. The van der Waals surface area contributed by atoms with Crippen molar-refractivity contribution in [2.45, 2.75) is 44.4 Å². The van der Waals surface area contributed by atoms with Gasteiger partial charge in [0.05, 0.1) is 12.1 Å². The van der Waals surface area contributed by atoms with Crippen LogP contribution in [0.5, 0.6) is 0 Å². The molecule has 35 heavy (non-hydrogen) atoms. The molecule has 5 rings (SSSR count). The number of para-hydroxylation sites is 1. The van der Waals surface area contributed by atoms with Gasteiger partial charge in [-0.2, -0.15) is 0 Å². The molecular weight excluding hydrogens is 436 g/mol. The lowest BCUT2D eigenvalue weighted by atomic mass is 9.95. The highest BCUT2D eigenvalue weighted by Crippen LogP contribution is 2.21. The van der Waals surface area contributed by atoms with Crippen molar-refractivity contribution in [1.82, 2.24) is 20.9 Å². The highest BCUT2D eigenvalue weighted by Gasteiger charge is 2.29. The Kier molecular flexibility index (Phi) is 6.64. The van der Waals surface area contributed by atoms with Crippen LogP contribution in [0.4, 0.5) is 0 Å². The van der Waals surface area contributed by atoms with Crippen LogP contribution < -0.4 is 16.0 Å². The summed E-state index contributed by atoms with van der Waals surface area (Å²) in [6.07, 6.45) is 2.92. The zero-order chi connectivity index (χ0) is 24.2. The molecule has 1 aliphatic rings. The molecule has 4 aromatic rings. The maximum absolute atomic E-state index is 13.4. The maximum Gasteiger partial charge on any atom is 0.243 e. The van der Waals surface area contributed by atoms with Gasteiger partial charge in [-0.1, -0.05) is 72.8 Å². The van der Waals surface area contributed by atoms with Crippen LogP contribution in [0.3, 0.4) is 0 Å². The van der Waals surface area contributed by atoms with Crippen molar-refractivity contribution in [1.29, 1.82) is 0 Å². The molecule has 0 aliphatic carbocycles. The second-order valence-electron chi connectivity index (χ2n) is 9.17. The van der Waals surface area contributed by atoms with E-state index in [0.717, 1.165) is 22.0 Å². The second-order valence-corrected chi connectivity index (χ2v) is 9.17. The second kappa shape index (κ2) is 10.2. The quantitative estimate of drug-likeness (QED) is 0.334. The van der Waals surface area contributed by atoms with Crippen LogP contribution in [0.2, 0.25) is 0 Å². The highest BCUT2D eigenvalue weighted by molar-refractivity contribution is 5.91. The van der Waals surface area contributed by atoms with Gasteiger partial charge in [-0.05, 0) is 41.7 Å². The predicted molar refractivity (Wildman–Crippen MR) is 138 cm³/mol. The zero-order valence-electron chi connectivity index (χ0n) is 19.8. The lowest BCUT2D eigenvalue weighted by Crippen LogP contribution is -2.55. The number of rotatable bonds is 7. The third kappa shape index (κ3) is 5.12. The average molecular weight is 467 g/mol. The SMILES string of the molecule is CC(NC(=O)[C@H](Cc1c[nH]c2ccccc12)NC(=O)[C@@H]1Cc2ccccc2CN1)c1ccccc1. The van der Waals surface area contributed by atoms with E-state index in [9.17, 15) is 9.59 Å². The molecule has 1 aromatic heterocycles. The molecule has 0 spiro atoms. The van der Waals surface area contributed by atoms with E-state index in [1.807, 2.05) is 79.9 Å². The fourth-order valence-electron chi connectivity index (χ4n) is 4.78. The van der Waals surface area contributed by atoms with Crippen molar-refractivity contribution >= 4 is 22.7 Å². The number of carbonyl (C=O) groups excluding carboxylic acids is 2. The van der Waals surface area contributed by atoms with E-state index in [4.69, 9.17) is 0 Å². The number of nitrogens with one attached hydrogen (secondary N) is 4. The molecule has 0 bridgehead atoms. The number of carbonyl (C=O) groups is 2. The van der Waals surface area contributed by atoms with Crippen LogP contribution in [-0.2, 0) is 29.0 Å². The third-order valence-corrected chi connectivity index (χ3v) is 6.79. The molecule has 0 fully saturated rings. The maximum atomic E-state index is 13.4. The first-order valence-corrected chi connectivity index (χ1v) is 12.1. The highest BCUT2D eigenvalue weighted by atomic mass is 16.2. The van der Waals surface area contributed by atoms with Crippen molar-refractivity contribution in [2.24, 2.45) is 0 Å². The number of hydrogen-bond donors (Lipinski definition) is 4. The van der Waals surface area contributed by atoms with E-state index in [-0.39, 0.29) is 23.9 Å². The van der Waals surface area contributed by atoms with Crippen LogP contribution in [0.25, 0.3) is 10.9 Å². The lowest BCUT2D eigenvalue weighted by molar-refractivity contribution is -0.130. The molecule has 6 heteroatoms. The molecule has 178 valence electrons. The molecule has 0 saturated heterocycles. The fourth-order valence-corrected chi connectivity index (χ4v) is 4.78. The van der Waals surface area contributed by atoms with Crippen LogP contribution >= 0.6 is 0 Å². The Morgan fingerprint density at radius 1 is 0.914 bits per heavy atom. The minimum Gasteiger partial charge on any atom is -0.361 e. The Balaban J connectivity index is 1.35. The summed E-state index contributed by atoms with van der Waals surface area (Å²) in [6.45, 7) is 2.59. The van der Waals surface area contributed by atoms with Crippen molar-refractivity contribution in [2.75, 3.05) is 0 Å². The molecular formula is C29H30N4O2. The summed E-state index contributed by atoms with van der Waals surface area (Å²) in [4.78, 5) is 30.0. The van der Waals surface area contributed by atoms with E-state index in [1.165, 1.54) is 11.1 Å². The summed E-state index contributed by atoms with van der Waals surface area (Å²) < 4.78 is 0. The van der Waals surface area contributed by atoms with Gasteiger partial charge in [-0.25, -0.2) is 0 Å². The van der Waals surface area contributed by atoms with Gasteiger partial charge >= 0.3 is 0 Å². The molecule has 0 saturated carbocycles. The summed E-state index contributed by atoms with van der Waals surface area (Å²) in [6, 6.07) is 24.7. The van der Waals surface area contributed by atoms with Gasteiger partial charge < -0.3 is 20.9 Å². The lowest BCUT2D eigenvalue weighted by Gasteiger charge is -2.28. The van der Waals surface area contributed by atoms with Crippen molar-refractivity contribution < 1.29 is 9.59 Å². The van der Waals surface area contributed by atoms with Crippen molar-refractivity contribution in [3.63, 3.8) is 0 Å². The number of hydrogen-bond acceptors (Lipinski definition) is 3. The molecule has 1 aliphatic heterocycles. The van der Waals surface area contributed by atoms with Crippen LogP contribution in [-0.4, -0.2) is 28.9 Å². The first kappa shape index (κ1) is 22.9. The van der Waals surface area contributed by atoms with Crippen LogP contribution in [0.1, 0.15) is 35.2 Å². The van der Waals surface area contributed by atoms with Gasteiger partial charge in [0, 0.05) is 30.1 Å². The number of aromatic amines is 1. The number of amides is 2. The molecule has 3 aromatic carbocycles. The van der Waals surface area contributed by atoms with Gasteiger partial charge in [-0.15, -0.1) is 0 Å². The zero-order valence-corrected chi connectivity index (χ0v) is 19.8. The van der Waals surface area contributed by atoms with Crippen molar-refractivity contribution in [3.8, 4) is 0 Å². The molecule has 4 N–H and O–H groups in total. The van der Waals surface area contributed by atoms with E-state index >= 15 is 0 Å². The first-order chi connectivity index (χ1) is 17.1. The van der Waals surface area contributed by atoms with Gasteiger partial charge in [0.1, 0.15) is 6.04 Å². The Hall–Kier alpha value is -3.90. The van der Waals surface area contributed by atoms with Gasteiger partial charge in [0.25, 0.3) is 0 Å². The number of benzene rings is 3. The molecule has 0 radical (unpaired) electrons. The van der Waals surface area contributed by atoms with E-state index in [0.29, 0.717) is 19.4 Å². The van der Waals surface area contributed by atoms with E-state index in [2.05, 4.69) is 33.1 Å². The van der Waals surface area contributed by atoms with Crippen LogP contribution in [0, 0.1) is 0 Å².